The van der Waals surface area contributed by atoms with Crippen molar-refractivity contribution in [3.8, 4) is 0 Å². The molecular weight excluding hydrogens is 210 g/mol. The molecule has 0 fully saturated rings. The highest BCUT2D eigenvalue weighted by Crippen LogP contribution is 2.04. The fourth-order valence-corrected chi connectivity index (χ4v) is 2.04. The van der Waals surface area contributed by atoms with Crippen LogP contribution < -0.4 is 5.32 Å². The van der Waals surface area contributed by atoms with Crippen LogP contribution in [0.3, 0.4) is 0 Å². The van der Waals surface area contributed by atoms with Crippen LogP contribution in [0.5, 0.6) is 0 Å². The Hall–Kier alpha value is -0.860. The SMILES string of the molecule is CC(O)CC(C)NCCCCc1ccccc1. The topological polar surface area (TPSA) is 32.3 Å². The molecular formula is C15H25NO. The number of hydrogen-bond acceptors (Lipinski definition) is 2. The largest absolute Gasteiger partial charge is 0.393 e. The molecule has 0 aliphatic rings. The van der Waals surface area contributed by atoms with Gasteiger partial charge in [0.05, 0.1) is 6.10 Å². The Morgan fingerprint density at radius 1 is 1.12 bits per heavy atom. The van der Waals surface area contributed by atoms with Gasteiger partial charge in [-0.25, -0.2) is 0 Å². The average molecular weight is 235 g/mol. The highest BCUT2D eigenvalue weighted by atomic mass is 16.3. The maximum atomic E-state index is 9.23. The van der Waals surface area contributed by atoms with Crippen LogP contribution in [0.1, 0.15) is 38.7 Å². The lowest BCUT2D eigenvalue weighted by atomic mass is 10.1. The van der Waals surface area contributed by atoms with E-state index in [0.717, 1.165) is 19.4 Å². The van der Waals surface area contributed by atoms with E-state index in [1.54, 1.807) is 0 Å². The van der Waals surface area contributed by atoms with E-state index < -0.39 is 0 Å². The van der Waals surface area contributed by atoms with Gasteiger partial charge in [0.15, 0.2) is 0 Å². The molecule has 0 spiro atoms. The molecule has 2 unspecified atom stereocenters. The summed E-state index contributed by atoms with van der Waals surface area (Å²) in [5.74, 6) is 0. The molecule has 0 aliphatic carbocycles. The minimum absolute atomic E-state index is 0.207. The Balaban J connectivity index is 2.01. The molecule has 1 rings (SSSR count). The van der Waals surface area contributed by atoms with Gasteiger partial charge in [0.1, 0.15) is 0 Å². The van der Waals surface area contributed by atoms with Crippen molar-refractivity contribution in [2.45, 2.75) is 51.7 Å². The first kappa shape index (κ1) is 14.2. The minimum atomic E-state index is -0.207. The van der Waals surface area contributed by atoms with E-state index >= 15 is 0 Å². The number of aryl methyl sites for hydroxylation is 1. The number of aliphatic hydroxyl groups excluding tert-OH is 1. The molecule has 1 aromatic rings. The van der Waals surface area contributed by atoms with Gasteiger partial charge in [0.25, 0.3) is 0 Å². The summed E-state index contributed by atoms with van der Waals surface area (Å²) < 4.78 is 0. The predicted octanol–water partition coefficient (Wildman–Crippen LogP) is 2.76. The second-order valence-electron chi connectivity index (χ2n) is 4.88. The van der Waals surface area contributed by atoms with Gasteiger partial charge in [-0.05, 0) is 51.6 Å². The number of benzene rings is 1. The summed E-state index contributed by atoms with van der Waals surface area (Å²) in [6.45, 7) is 5.01. The number of hydrogen-bond donors (Lipinski definition) is 2. The molecule has 0 saturated heterocycles. The van der Waals surface area contributed by atoms with Crippen LogP contribution in [0.2, 0.25) is 0 Å². The van der Waals surface area contributed by atoms with Crippen LogP contribution in [-0.2, 0) is 6.42 Å². The molecule has 0 radical (unpaired) electrons. The zero-order valence-corrected chi connectivity index (χ0v) is 11.0. The van der Waals surface area contributed by atoms with Crippen molar-refractivity contribution in [1.29, 1.82) is 0 Å². The third-order valence-corrected chi connectivity index (χ3v) is 2.92. The van der Waals surface area contributed by atoms with Gasteiger partial charge in [0.2, 0.25) is 0 Å². The Labute approximate surface area is 105 Å². The highest BCUT2D eigenvalue weighted by Gasteiger charge is 2.04. The summed E-state index contributed by atoms with van der Waals surface area (Å²) in [4.78, 5) is 0. The fourth-order valence-electron chi connectivity index (χ4n) is 2.04. The summed E-state index contributed by atoms with van der Waals surface area (Å²) in [6.07, 6.45) is 4.20. The monoisotopic (exact) mass is 235 g/mol. The molecule has 2 heteroatoms. The smallest absolute Gasteiger partial charge is 0.0526 e. The number of aliphatic hydroxyl groups is 1. The van der Waals surface area contributed by atoms with Gasteiger partial charge in [-0.1, -0.05) is 30.3 Å². The van der Waals surface area contributed by atoms with Crippen LogP contribution in [-0.4, -0.2) is 23.8 Å². The molecule has 17 heavy (non-hydrogen) atoms. The Morgan fingerprint density at radius 2 is 1.82 bits per heavy atom. The van der Waals surface area contributed by atoms with Crippen molar-refractivity contribution < 1.29 is 5.11 Å². The third kappa shape index (κ3) is 7.14. The second-order valence-corrected chi connectivity index (χ2v) is 4.88. The van der Waals surface area contributed by atoms with Crippen molar-refractivity contribution in [1.82, 2.24) is 5.32 Å². The van der Waals surface area contributed by atoms with Crippen molar-refractivity contribution in [3.05, 3.63) is 35.9 Å². The third-order valence-electron chi connectivity index (χ3n) is 2.92. The summed E-state index contributed by atoms with van der Waals surface area (Å²) in [6, 6.07) is 11.0. The molecule has 1 aromatic carbocycles. The van der Waals surface area contributed by atoms with Gasteiger partial charge >= 0.3 is 0 Å². The molecule has 96 valence electrons. The summed E-state index contributed by atoms with van der Waals surface area (Å²) in [5, 5.41) is 12.7. The quantitative estimate of drug-likeness (QED) is 0.679. The van der Waals surface area contributed by atoms with Crippen LogP contribution in [0, 0.1) is 0 Å². The maximum absolute atomic E-state index is 9.23. The zero-order chi connectivity index (χ0) is 12.5. The van der Waals surface area contributed by atoms with Crippen molar-refractivity contribution in [2.75, 3.05) is 6.54 Å². The van der Waals surface area contributed by atoms with Gasteiger partial charge in [-0.2, -0.15) is 0 Å². The summed E-state index contributed by atoms with van der Waals surface area (Å²) >= 11 is 0. The molecule has 0 saturated carbocycles. The first-order valence-corrected chi connectivity index (χ1v) is 6.64. The molecule has 2 atom stereocenters. The Bertz CT molecular complexity index is 284. The Kier molecular flexibility index (Phi) is 6.90. The molecule has 2 nitrogen and oxygen atoms in total. The first-order valence-electron chi connectivity index (χ1n) is 6.64. The predicted molar refractivity (Wildman–Crippen MR) is 73.1 cm³/mol. The molecule has 0 bridgehead atoms. The van der Waals surface area contributed by atoms with Gasteiger partial charge in [-0.15, -0.1) is 0 Å². The maximum Gasteiger partial charge on any atom is 0.0526 e. The second kappa shape index (κ2) is 8.26. The highest BCUT2D eigenvalue weighted by molar-refractivity contribution is 5.14. The summed E-state index contributed by atoms with van der Waals surface area (Å²) in [7, 11) is 0. The van der Waals surface area contributed by atoms with Crippen molar-refractivity contribution in [2.24, 2.45) is 0 Å². The van der Waals surface area contributed by atoms with Crippen LogP contribution in [0.15, 0.2) is 30.3 Å². The van der Waals surface area contributed by atoms with E-state index in [4.69, 9.17) is 0 Å². The van der Waals surface area contributed by atoms with E-state index in [1.165, 1.54) is 18.4 Å². The molecule has 0 aromatic heterocycles. The molecule has 2 N–H and O–H groups in total. The van der Waals surface area contributed by atoms with E-state index in [1.807, 2.05) is 6.92 Å². The number of nitrogens with one attached hydrogen (secondary N) is 1. The average Bonchev–Trinajstić information content (AvgIpc) is 2.29. The van der Waals surface area contributed by atoms with Crippen molar-refractivity contribution in [3.63, 3.8) is 0 Å². The lowest BCUT2D eigenvalue weighted by Gasteiger charge is -2.15. The summed E-state index contributed by atoms with van der Waals surface area (Å²) in [5.41, 5.74) is 1.42. The lowest BCUT2D eigenvalue weighted by molar-refractivity contribution is 0.170. The van der Waals surface area contributed by atoms with E-state index in [0.29, 0.717) is 6.04 Å². The fraction of sp³-hybridized carbons (Fsp3) is 0.600. The van der Waals surface area contributed by atoms with E-state index in [9.17, 15) is 5.11 Å². The first-order chi connectivity index (χ1) is 8.18. The van der Waals surface area contributed by atoms with Crippen LogP contribution in [0.25, 0.3) is 0 Å². The molecule has 0 heterocycles. The van der Waals surface area contributed by atoms with Crippen molar-refractivity contribution >= 4 is 0 Å². The Morgan fingerprint density at radius 3 is 2.47 bits per heavy atom. The minimum Gasteiger partial charge on any atom is -0.393 e. The van der Waals surface area contributed by atoms with Crippen LogP contribution in [0.4, 0.5) is 0 Å². The lowest BCUT2D eigenvalue weighted by Crippen LogP contribution is -2.30. The van der Waals surface area contributed by atoms with E-state index in [-0.39, 0.29) is 6.10 Å². The standard InChI is InChI=1S/C15H25NO/c1-13(12-14(2)17)16-11-7-6-10-15-8-4-3-5-9-15/h3-5,8-9,13-14,16-17H,6-7,10-12H2,1-2H3. The van der Waals surface area contributed by atoms with Crippen LogP contribution >= 0.6 is 0 Å². The molecule has 0 amide bonds. The van der Waals surface area contributed by atoms with Gasteiger partial charge in [-0.3, -0.25) is 0 Å². The number of unbranched alkanes of at least 4 members (excludes halogenated alkanes) is 1. The number of rotatable bonds is 8. The normalized spacial score (nSPS) is 14.5. The zero-order valence-electron chi connectivity index (χ0n) is 11.0. The molecule has 0 aliphatic heterocycles. The van der Waals surface area contributed by atoms with Gasteiger partial charge in [0, 0.05) is 6.04 Å². The van der Waals surface area contributed by atoms with E-state index in [2.05, 4.69) is 42.6 Å². The van der Waals surface area contributed by atoms with Gasteiger partial charge < -0.3 is 10.4 Å².